The average molecular weight is 477 g/mol. The highest BCUT2D eigenvalue weighted by Crippen LogP contribution is 2.41. The second kappa shape index (κ2) is 8.18. The topological polar surface area (TPSA) is 63.4 Å². The van der Waals surface area contributed by atoms with Crippen LogP contribution in [0, 0.1) is 0 Å². The minimum Gasteiger partial charge on any atom is -0.330 e. The van der Waals surface area contributed by atoms with Crippen LogP contribution < -0.4 is 0 Å². The Balaban J connectivity index is 1.48. The molecule has 2 aliphatic rings. The van der Waals surface area contributed by atoms with E-state index in [0.717, 1.165) is 34.9 Å². The fraction of sp³-hybridized carbons (Fsp3) is 0.308. The number of carbonyl (C=O) groups is 1. The maximum Gasteiger partial charge on any atom is 0.433 e. The number of pyridine rings is 1. The van der Waals surface area contributed by atoms with E-state index in [-0.39, 0.29) is 29.4 Å². The smallest absolute Gasteiger partial charge is 0.330 e. The van der Waals surface area contributed by atoms with Crippen LogP contribution in [0.15, 0.2) is 54.9 Å². The van der Waals surface area contributed by atoms with Crippen LogP contribution in [0.25, 0.3) is 16.9 Å². The van der Waals surface area contributed by atoms with Crippen molar-refractivity contribution in [3.63, 3.8) is 0 Å². The monoisotopic (exact) mass is 477 g/mol. The van der Waals surface area contributed by atoms with Gasteiger partial charge in [0.15, 0.2) is 17.0 Å². The zero-order valence-electron chi connectivity index (χ0n) is 18.8. The number of aryl methyl sites for hydroxylation is 1. The minimum absolute atomic E-state index is 0.0195. The maximum atomic E-state index is 14.3. The van der Waals surface area contributed by atoms with E-state index in [1.165, 1.54) is 6.07 Å². The van der Waals surface area contributed by atoms with E-state index in [4.69, 9.17) is 0 Å². The third kappa shape index (κ3) is 3.66. The molecule has 1 atom stereocenters. The van der Waals surface area contributed by atoms with Crippen molar-refractivity contribution in [2.45, 2.75) is 44.3 Å². The van der Waals surface area contributed by atoms with E-state index in [2.05, 4.69) is 15.1 Å². The molecule has 6 nitrogen and oxygen atoms in total. The molecule has 1 aliphatic heterocycles. The van der Waals surface area contributed by atoms with Crippen LogP contribution in [0.5, 0.6) is 0 Å². The molecule has 1 saturated heterocycles. The largest absolute Gasteiger partial charge is 0.433 e. The fourth-order valence-electron chi connectivity index (χ4n) is 5.36. The van der Waals surface area contributed by atoms with Gasteiger partial charge in [-0.2, -0.15) is 18.3 Å². The van der Waals surface area contributed by atoms with Crippen molar-refractivity contribution in [3.05, 3.63) is 82.9 Å². The van der Waals surface area contributed by atoms with E-state index in [9.17, 15) is 18.0 Å². The molecule has 1 aromatic carbocycles. The fourth-order valence-corrected chi connectivity index (χ4v) is 5.36. The summed E-state index contributed by atoms with van der Waals surface area (Å²) in [5.74, 6) is -0.393. The Kier molecular flexibility index (Phi) is 5.09. The number of rotatable bonds is 2. The molecule has 1 amide bonds. The number of carbonyl (C=O) groups excluding carboxylic acids is 1. The summed E-state index contributed by atoms with van der Waals surface area (Å²) >= 11 is 0. The van der Waals surface area contributed by atoms with Gasteiger partial charge in [0.2, 0.25) is 0 Å². The van der Waals surface area contributed by atoms with Gasteiger partial charge in [-0.05, 0) is 49.3 Å². The summed E-state index contributed by atoms with van der Waals surface area (Å²) in [5, 5.41) is 4.17. The predicted octanol–water partition coefficient (Wildman–Crippen LogP) is 5.28. The second-order valence-electron chi connectivity index (χ2n) is 9.04. The van der Waals surface area contributed by atoms with Gasteiger partial charge in [0.25, 0.3) is 5.91 Å². The van der Waals surface area contributed by atoms with Crippen LogP contribution >= 0.6 is 0 Å². The lowest BCUT2D eigenvalue weighted by Gasteiger charge is -2.35. The lowest BCUT2D eigenvalue weighted by Crippen LogP contribution is -2.38. The van der Waals surface area contributed by atoms with E-state index in [1.807, 2.05) is 24.3 Å². The van der Waals surface area contributed by atoms with Crippen LogP contribution in [0.4, 0.5) is 13.2 Å². The molecule has 0 bridgehead atoms. The van der Waals surface area contributed by atoms with Gasteiger partial charge in [-0.1, -0.05) is 30.3 Å². The predicted molar refractivity (Wildman–Crippen MR) is 123 cm³/mol. The second-order valence-corrected chi connectivity index (χ2v) is 9.04. The van der Waals surface area contributed by atoms with Crippen molar-refractivity contribution in [3.8, 4) is 11.3 Å². The normalized spacial score (nSPS) is 17.8. The van der Waals surface area contributed by atoms with Crippen molar-refractivity contribution in [2.24, 2.45) is 0 Å². The van der Waals surface area contributed by atoms with Crippen molar-refractivity contribution in [2.75, 3.05) is 6.54 Å². The first kappa shape index (κ1) is 21.8. The molecule has 4 aromatic rings. The molecule has 1 fully saturated rings. The first-order valence-corrected chi connectivity index (χ1v) is 11.7. The minimum atomic E-state index is -4.65. The lowest BCUT2D eigenvalue weighted by atomic mass is 9.88. The van der Waals surface area contributed by atoms with Crippen molar-refractivity contribution in [1.29, 1.82) is 0 Å². The Morgan fingerprint density at radius 3 is 2.71 bits per heavy atom. The Morgan fingerprint density at radius 2 is 1.91 bits per heavy atom. The van der Waals surface area contributed by atoms with E-state index in [1.54, 1.807) is 29.4 Å². The number of benzene rings is 1. The molecule has 178 valence electrons. The van der Waals surface area contributed by atoms with Gasteiger partial charge in [-0.3, -0.25) is 9.78 Å². The number of amides is 1. The van der Waals surface area contributed by atoms with Gasteiger partial charge in [0, 0.05) is 36.1 Å². The van der Waals surface area contributed by atoms with Gasteiger partial charge >= 0.3 is 6.18 Å². The van der Waals surface area contributed by atoms with Crippen LogP contribution in [-0.4, -0.2) is 36.9 Å². The molecule has 9 heteroatoms. The van der Waals surface area contributed by atoms with Gasteiger partial charge in [0.1, 0.15) is 0 Å². The molecule has 1 unspecified atom stereocenters. The number of aromatic nitrogens is 4. The molecule has 1 aliphatic carbocycles. The zero-order valence-corrected chi connectivity index (χ0v) is 18.8. The highest BCUT2D eigenvalue weighted by atomic mass is 19.4. The van der Waals surface area contributed by atoms with Crippen molar-refractivity contribution >= 4 is 11.6 Å². The molecule has 0 spiro atoms. The first-order valence-electron chi connectivity index (χ1n) is 11.7. The van der Waals surface area contributed by atoms with E-state index < -0.39 is 17.8 Å². The summed E-state index contributed by atoms with van der Waals surface area (Å²) in [7, 11) is 0. The van der Waals surface area contributed by atoms with Crippen LogP contribution in [-0.2, 0) is 19.0 Å². The number of nitrogens with zero attached hydrogens (tertiary/aromatic N) is 5. The van der Waals surface area contributed by atoms with Gasteiger partial charge in [-0.25, -0.2) is 9.50 Å². The molecule has 35 heavy (non-hydrogen) atoms. The number of hydrogen-bond donors (Lipinski definition) is 0. The van der Waals surface area contributed by atoms with Crippen molar-refractivity contribution in [1.82, 2.24) is 24.5 Å². The molecule has 4 heterocycles. The Hall–Kier alpha value is -3.75. The average Bonchev–Trinajstić information content (AvgIpc) is 3.30. The quantitative estimate of drug-likeness (QED) is 0.394. The summed E-state index contributed by atoms with van der Waals surface area (Å²) in [5.41, 5.74) is 2.14. The third-order valence-corrected chi connectivity index (χ3v) is 6.94. The summed E-state index contributed by atoms with van der Waals surface area (Å²) in [4.78, 5) is 24.0. The summed E-state index contributed by atoms with van der Waals surface area (Å²) in [6.45, 7) is 0.510. The molecular weight excluding hydrogens is 455 g/mol. The lowest BCUT2D eigenvalue weighted by molar-refractivity contribution is -0.143. The Labute approximate surface area is 199 Å². The molecule has 6 rings (SSSR count). The summed E-state index contributed by atoms with van der Waals surface area (Å²) in [6.07, 6.45) is 2.01. The zero-order chi connectivity index (χ0) is 24.2. The number of hydrogen-bond acceptors (Lipinski definition) is 4. The Bertz CT molecular complexity index is 1430. The number of likely N-dealkylation sites (tertiary alicyclic amines) is 1. The van der Waals surface area contributed by atoms with E-state index >= 15 is 0 Å². The highest BCUT2D eigenvalue weighted by molar-refractivity contribution is 5.94. The van der Waals surface area contributed by atoms with Crippen LogP contribution in [0.1, 0.15) is 58.2 Å². The van der Waals surface area contributed by atoms with Crippen LogP contribution in [0.3, 0.4) is 0 Å². The SMILES string of the molecule is O=C(c1cc2nc3c(c(C(F)(F)F)n2n1)CCc1ccccc1-3)N1CCCCC1c1cccnc1. The third-order valence-electron chi connectivity index (χ3n) is 6.94. The summed E-state index contributed by atoms with van der Waals surface area (Å²) < 4.78 is 43.8. The number of fused-ring (bicyclic) bond motifs is 4. The summed E-state index contributed by atoms with van der Waals surface area (Å²) in [6, 6.07) is 12.3. The standard InChI is InChI=1S/C26H22F3N5O/c27-26(28,29)24-19-11-10-16-6-1-2-8-18(16)23(19)31-22-14-20(32-34(22)24)25(35)33-13-4-3-9-21(33)17-7-5-12-30-15-17/h1-2,5-8,12,14-15,21H,3-4,9-11,13H2. The van der Waals surface area contributed by atoms with Gasteiger partial charge in [0.05, 0.1) is 11.7 Å². The molecule has 0 N–H and O–H groups in total. The maximum absolute atomic E-state index is 14.3. The Morgan fingerprint density at radius 1 is 1.06 bits per heavy atom. The highest BCUT2D eigenvalue weighted by Gasteiger charge is 2.41. The number of piperidine rings is 1. The van der Waals surface area contributed by atoms with Crippen molar-refractivity contribution < 1.29 is 18.0 Å². The number of halogens is 3. The molecule has 0 radical (unpaired) electrons. The van der Waals surface area contributed by atoms with E-state index in [0.29, 0.717) is 24.2 Å². The van der Waals surface area contributed by atoms with Crippen LogP contribution in [0.2, 0.25) is 0 Å². The molecular formula is C26H22F3N5O. The van der Waals surface area contributed by atoms with Gasteiger partial charge < -0.3 is 4.90 Å². The number of alkyl halides is 3. The first-order chi connectivity index (χ1) is 16.9. The van der Waals surface area contributed by atoms with Gasteiger partial charge in [-0.15, -0.1) is 0 Å². The molecule has 3 aromatic heterocycles. The molecule has 0 saturated carbocycles.